The molecule has 0 heterocycles. The average Bonchev–Trinajstić information content (AvgIpc) is 2.58. The number of benzene rings is 1. The maximum atomic E-state index is 10.3. The van der Waals surface area contributed by atoms with Crippen molar-refractivity contribution in [3.05, 3.63) is 39.9 Å². The first-order chi connectivity index (χ1) is 11.3. The minimum Gasteiger partial charge on any atom is -0.478 e. The summed E-state index contributed by atoms with van der Waals surface area (Å²) in [4.78, 5) is 19.9. The number of rotatable bonds is 9. The van der Waals surface area contributed by atoms with E-state index in [4.69, 9.17) is 5.11 Å². The van der Waals surface area contributed by atoms with Crippen molar-refractivity contribution in [1.29, 1.82) is 0 Å². The van der Waals surface area contributed by atoms with Gasteiger partial charge in [0.2, 0.25) is 0 Å². The topological polar surface area (TPSA) is 101 Å². The maximum Gasteiger partial charge on any atom is 0.335 e. The van der Waals surface area contributed by atoms with Crippen LogP contribution in [0.2, 0.25) is 0 Å². The highest BCUT2D eigenvalue weighted by Crippen LogP contribution is 2.24. The lowest BCUT2D eigenvalue weighted by Crippen LogP contribution is -2.27. The highest BCUT2D eigenvalue weighted by atomic mass is 16.6. The van der Waals surface area contributed by atoms with Crippen LogP contribution >= 0.6 is 0 Å². The van der Waals surface area contributed by atoms with Gasteiger partial charge in [-0.1, -0.05) is 46.5 Å². The summed E-state index contributed by atoms with van der Waals surface area (Å²) in [6.45, 7) is 6.44. The summed E-state index contributed by atoms with van der Waals surface area (Å²) in [6, 6.07) is 4.70. The van der Waals surface area contributed by atoms with Gasteiger partial charge in [-0.05, 0) is 31.4 Å². The van der Waals surface area contributed by atoms with Crippen molar-refractivity contribution in [3.8, 4) is 0 Å². The van der Waals surface area contributed by atoms with E-state index in [1.165, 1.54) is 25.0 Å². The Hall–Kier alpha value is -1.95. The fourth-order valence-electron chi connectivity index (χ4n) is 2.22. The molecule has 0 saturated heterocycles. The second-order valence-electron chi connectivity index (χ2n) is 5.89. The van der Waals surface area contributed by atoms with Crippen molar-refractivity contribution in [2.24, 2.45) is 0 Å². The first kappa shape index (κ1) is 22.1. The Balaban J connectivity index is 0.000000441. The molecule has 0 atom stereocenters. The van der Waals surface area contributed by atoms with Gasteiger partial charge in [0.15, 0.2) is 0 Å². The minimum atomic E-state index is -1.09. The van der Waals surface area contributed by atoms with Crippen LogP contribution in [-0.4, -0.2) is 26.7 Å². The van der Waals surface area contributed by atoms with Gasteiger partial charge in [-0.2, -0.15) is 0 Å². The van der Waals surface area contributed by atoms with Crippen LogP contribution in [0.4, 0.5) is 5.69 Å². The number of carboxylic acids is 1. The molecule has 0 amide bonds. The number of hydrogen-bond acceptors (Lipinski definition) is 4. The van der Waals surface area contributed by atoms with E-state index in [1.807, 2.05) is 0 Å². The molecule has 0 aromatic heterocycles. The molecule has 1 rings (SSSR count). The molecule has 2 N–H and O–H groups in total. The number of non-ortho nitro benzene ring substituents is 1. The second kappa shape index (κ2) is 11.6. The molecular formula is C18H29NO5. The molecule has 0 aliphatic carbocycles. The number of hydrogen-bond donors (Lipinski definition) is 2. The van der Waals surface area contributed by atoms with Crippen molar-refractivity contribution in [2.75, 3.05) is 0 Å². The number of nitro groups is 1. The SMILES string of the molecule is CCCCC(O)(CC)CCCC.O=C(O)c1ccc([N+](=O)[O-])cc1. The molecule has 0 aliphatic rings. The molecule has 0 spiro atoms. The van der Waals surface area contributed by atoms with E-state index in [0.717, 1.165) is 44.2 Å². The summed E-state index contributed by atoms with van der Waals surface area (Å²) < 4.78 is 0. The number of carboxylic acid groups (broad SMARTS) is 1. The molecule has 0 radical (unpaired) electrons. The third kappa shape index (κ3) is 8.62. The number of carbonyl (C=O) groups is 1. The average molecular weight is 339 g/mol. The van der Waals surface area contributed by atoms with Crippen LogP contribution in [-0.2, 0) is 0 Å². The van der Waals surface area contributed by atoms with Gasteiger partial charge < -0.3 is 10.2 Å². The van der Waals surface area contributed by atoms with Gasteiger partial charge in [-0.25, -0.2) is 4.79 Å². The quantitative estimate of drug-likeness (QED) is 0.497. The van der Waals surface area contributed by atoms with Crippen molar-refractivity contribution < 1.29 is 19.9 Å². The Morgan fingerprint density at radius 1 is 1.08 bits per heavy atom. The minimum absolute atomic E-state index is 0.0422. The molecule has 24 heavy (non-hydrogen) atoms. The normalized spacial score (nSPS) is 10.7. The Morgan fingerprint density at radius 3 is 1.83 bits per heavy atom. The first-order valence-corrected chi connectivity index (χ1v) is 8.49. The zero-order chi connectivity index (χ0) is 18.6. The molecule has 0 unspecified atom stereocenters. The number of unbranched alkanes of at least 4 members (excludes halogenated alkanes) is 2. The summed E-state index contributed by atoms with van der Waals surface area (Å²) in [7, 11) is 0. The maximum absolute atomic E-state index is 10.3. The van der Waals surface area contributed by atoms with E-state index in [9.17, 15) is 20.0 Å². The van der Waals surface area contributed by atoms with Crippen molar-refractivity contribution in [3.63, 3.8) is 0 Å². The van der Waals surface area contributed by atoms with E-state index in [0.29, 0.717) is 0 Å². The third-order valence-corrected chi connectivity index (χ3v) is 3.97. The highest BCUT2D eigenvalue weighted by molar-refractivity contribution is 5.87. The van der Waals surface area contributed by atoms with E-state index in [-0.39, 0.29) is 16.9 Å². The fourth-order valence-corrected chi connectivity index (χ4v) is 2.22. The van der Waals surface area contributed by atoms with Crippen LogP contribution in [0.5, 0.6) is 0 Å². The molecule has 1 aromatic rings. The van der Waals surface area contributed by atoms with Crippen molar-refractivity contribution in [2.45, 2.75) is 71.3 Å². The number of aromatic carboxylic acids is 1. The Labute approximate surface area is 143 Å². The monoisotopic (exact) mass is 339 g/mol. The van der Waals surface area contributed by atoms with Gasteiger partial charge in [0.25, 0.3) is 5.69 Å². The molecule has 0 saturated carbocycles. The predicted molar refractivity (Wildman–Crippen MR) is 94.3 cm³/mol. The molecule has 136 valence electrons. The molecule has 1 aromatic carbocycles. The lowest BCUT2D eigenvalue weighted by atomic mass is 9.89. The zero-order valence-electron chi connectivity index (χ0n) is 14.8. The van der Waals surface area contributed by atoms with E-state index >= 15 is 0 Å². The first-order valence-electron chi connectivity index (χ1n) is 8.49. The zero-order valence-corrected chi connectivity index (χ0v) is 14.8. The fraction of sp³-hybridized carbons (Fsp3) is 0.611. The Morgan fingerprint density at radius 2 is 1.54 bits per heavy atom. The molecule has 6 heteroatoms. The van der Waals surface area contributed by atoms with Crippen LogP contribution in [0.1, 0.15) is 76.1 Å². The lowest BCUT2D eigenvalue weighted by molar-refractivity contribution is -0.384. The van der Waals surface area contributed by atoms with Crippen LogP contribution in [0, 0.1) is 10.1 Å². The van der Waals surface area contributed by atoms with Crippen LogP contribution in [0.15, 0.2) is 24.3 Å². The second-order valence-corrected chi connectivity index (χ2v) is 5.89. The van der Waals surface area contributed by atoms with Gasteiger partial charge in [0.1, 0.15) is 0 Å². The van der Waals surface area contributed by atoms with E-state index in [2.05, 4.69) is 20.8 Å². The van der Waals surface area contributed by atoms with Crippen LogP contribution < -0.4 is 0 Å². The summed E-state index contributed by atoms with van der Waals surface area (Å²) in [5.41, 5.74) is -0.424. The number of aliphatic hydroxyl groups is 1. The third-order valence-electron chi connectivity index (χ3n) is 3.97. The van der Waals surface area contributed by atoms with Crippen LogP contribution in [0.3, 0.4) is 0 Å². The smallest absolute Gasteiger partial charge is 0.335 e. The number of nitro benzene ring substituents is 1. The molecule has 0 bridgehead atoms. The van der Waals surface area contributed by atoms with Crippen molar-refractivity contribution >= 4 is 11.7 Å². The van der Waals surface area contributed by atoms with Gasteiger partial charge in [-0.15, -0.1) is 0 Å². The van der Waals surface area contributed by atoms with Gasteiger partial charge in [0.05, 0.1) is 16.1 Å². The molecule has 6 nitrogen and oxygen atoms in total. The summed E-state index contributed by atoms with van der Waals surface area (Å²) in [6.07, 6.45) is 7.58. The van der Waals surface area contributed by atoms with Gasteiger partial charge in [0, 0.05) is 12.1 Å². The molecule has 0 fully saturated rings. The largest absolute Gasteiger partial charge is 0.478 e. The summed E-state index contributed by atoms with van der Waals surface area (Å²) in [5.74, 6) is -1.09. The van der Waals surface area contributed by atoms with Crippen molar-refractivity contribution in [1.82, 2.24) is 0 Å². The summed E-state index contributed by atoms with van der Waals surface area (Å²) >= 11 is 0. The van der Waals surface area contributed by atoms with E-state index in [1.54, 1.807) is 0 Å². The molecular weight excluding hydrogens is 310 g/mol. The molecule has 0 aliphatic heterocycles. The highest BCUT2D eigenvalue weighted by Gasteiger charge is 2.22. The van der Waals surface area contributed by atoms with Gasteiger partial charge >= 0.3 is 5.97 Å². The predicted octanol–water partition coefficient (Wildman–Crippen LogP) is 4.80. The summed E-state index contributed by atoms with van der Waals surface area (Å²) in [5, 5.41) is 28.7. The standard InChI is InChI=1S/C11H24O.C7H5NO4/c1-4-7-9-11(12,6-3)10-8-5-2;9-7(10)5-1-3-6(4-2-5)8(11)12/h12H,4-10H2,1-3H3;1-4H,(H,9,10). The Kier molecular flexibility index (Phi) is 10.6. The van der Waals surface area contributed by atoms with Gasteiger partial charge in [-0.3, -0.25) is 10.1 Å². The van der Waals surface area contributed by atoms with Crippen LogP contribution in [0.25, 0.3) is 0 Å². The lowest BCUT2D eigenvalue weighted by Gasteiger charge is -2.26. The number of nitrogens with zero attached hydrogens (tertiary/aromatic N) is 1. The van der Waals surface area contributed by atoms with E-state index < -0.39 is 10.9 Å². The Bertz CT molecular complexity index is 458.